The number of benzene rings is 2. The first-order valence-corrected chi connectivity index (χ1v) is 7.73. The minimum absolute atomic E-state index is 0.381. The number of primary amides is 1. The number of nitrogens with zero attached hydrogens (tertiary/aromatic N) is 2. The van der Waals surface area contributed by atoms with Gasteiger partial charge < -0.3 is 25.3 Å². The van der Waals surface area contributed by atoms with Crippen molar-refractivity contribution in [2.75, 3.05) is 19.5 Å². The van der Waals surface area contributed by atoms with E-state index in [4.69, 9.17) is 19.9 Å². The summed E-state index contributed by atoms with van der Waals surface area (Å²) in [7, 11) is 3.12. The van der Waals surface area contributed by atoms with Crippen molar-refractivity contribution in [1.29, 1.82) is 0 Å². The minimum Gasteiger partial charge on any atom is -0.493 e. The molecule has 3 aromatic rings. The van der Waals surface area contributed by atoms with E-state index in [-0.39, 0.29) is 0 Å². The minimum atomic E-state index is -0.621. The van der Waals surface area contributed by atoms with Crippen molar-refractivity contribution in [2.24, 2.45) is 5.73 Å². The van der Waals surface area contributed by atoms with Crippen molar-refractivity contribution >= 4 is 22.6 Å². The molecule has 0 unspecified atom stereocenters. The van der Waals surface area contributed by atoms with Crippen LogP contribution in [0.15, 0.2) is 36.7 Å². The van der Waals surface area contributed by atoms with Crippen molar-refractivity contribution in [2.45, 2.75) is 6.92 Å². The molecule has 26 heavy (non-hydrogen) atoms. The Balaban J connectivity index is 1.98. The summed E-state index contributed by atoms with van der Waals surface area (Å²) in [5.41, 5.74) is 7.23. The predicted molar refractivity (Wildman–Crippen MR) is 97.1 cm³/mol. The lowest BCUT2D eigenvalue weighted by molar-refractivity contribution is 0.259. The van der Waals surface area contributed by atoms with E-state index in [9.17, 15) is 4.79 Å². The molecule has 0 saturated carbocycles. The van der Waals surface area contributed by atoms with Crippen LogP contribution in [0.3, 0.4) is 0 Å². The first kappa shape index (κ1) is 17.3. The van der Waals surface area contributed by atoms with Crippen LogP contribution in [0.25, 0.3) is 10.9 Å². The molecule has 134 valence electrons. The van der Waals surface area contributed by atoms with E-state index in [1.54, 1.807) is 44.6 Å². The lowest BCUT2D eigenvalue weighted by Crippen LogP contribution is -2.19. The number of hydrogen-bond donors (Lipinski definition) is 2. The van der Waals surface area contributed by atoms with Crippen LogP contribution in [0.1, 0.15) is 5.56 Å². The van der Waals surface area contributed by atoms with E-state index in [0.717, 1.165) is 5.56 Å². The molecule has 0 bridgehead atoms. The van der Waals surface area contributed by atoms with Crippen molar-refractivity contribution in [3.63, 3.8) is 0 Å². The van der Waals surface area contributed by atoms with Gasteiger partial charge in [0.05, 0.1) is 25.1 Å². The van der Waals surface area contributed by atoms with Gasteiger partial charge in [-0.1, -0.05) is 0 Å². The Bertz CT molecular complexity index is 975. The quantitative estimate of drug-likeness (QED) is 0.728. The van der Waals surface area contributed by atoms with E-state index >= 15 is 0 Å². The largest absolute Gasteiger partial charge is 0.493 e. The van der Waals surface area contributed by atoms with Crippen LogP contribution in [-0.2, 0) is 0 Å². The molecule has 3 rings (SSSR count). The van der Waals surface area contributed by atoms with E-state index < -0.39 is 6.03 Å². The van der Waals surface area contributed by atoms with Crippen LogP contribution in [-0.4, -0.2) is 30.2 Å². The molecule has 0 spiro atoms. The summed E-state index contributed by atoms with van der Waals surface area (Å²) in [5.74, 6) is 2.07. The zero-order valence-corrected chi connectivity index (χ0v) is 14.6. The maximum Gasteiger partial charge on any atom is 0.316 e. The molecule has 0 radical (unpaired) electrons. The lowest BCUT2D eigenvalue weighted by atomic mass is 10.2. The number of hydrogen-bond acceptors (Lipinski definition) is 6. The normalized spacial score (nSPS) is 10.4. The first-order valence-electron chi connectivity index (χ1n) is 7.73. The molecule has 0 aliphatic heterocycles. The molecule has 1 heterocycles. The number of rotatable bonds is 5. The molecule has 8 nitrogen and oxygen atoms in total. The fraction of sp³-hybridized carbons (Fsp3) is 0.167. The molecule has 0 atom stereocenters. The van der Waals surface area contributed by atoms with E-state index in [1.165, 1.54) is 6.33 Å². The molecular weight excluding hydrogens is 336 g/mol. The number of aryl methyl sites for hydroxylation is 1. The highest BCUT2D eigenvalue weighted by Crippen LogP contribution is 2.36. The highest BCUT2D eigenvalue weighted by Gasteiger charge is 2.13. The summed E-state index contributed by atoms with van der Waals surface area (Å²) in [6, 6.07) is 8.10. The summed E-state index contributed by atoms with van der Waals surface area (Å²) in [4.78, 5) is 19.5. The van der Waals surface area contributed by atoms with Gasteiger partial charge >= 0.3 is 6.03 Å². The average molecular weight is 354 g/mol. The van der Waals surface area contributed by atoms with Crippen molar-refractivity contribution in [3.8, 4) is 23.1 Å². The molecule has 2 amide bonds. The highest BCUT2D eigenvalue weighted by molar-refractivity contribution is 5.89. The van der Waals surface area contributed by atoms with Gasteiger partial charge in [0.25, 0.3) is 0 Å². The Morgan fingerprint density at radius 1 is 1.08 bits per heavy atom. The van der Waals surface area contributed by atoms with Crippen LogP contribution < -0.4 is 25.3 Å². The SMILES string of the molecule is COc1cc2ncnc(Oc3ccc(NC(N)=O)c(C)c3)c2cc1OC. The second-order valence-corrected chi connectivity index (χ2v) is 5.47. The third-order valence-electron chi connectivity index (χ3n) is 3.77. The zero-order valence-electron chi connectivity index (χ0n) is 14.6. The Hall–Kier alpha value is -3.55. The molecule has 0 fully saturated rings. The van der Waals surface area contributed by atoms with Crippen LogP contribution in [0.5, 0.6) is 23.1 Å². The topological polar surface area (TPSA) is 109 Å². The number of amides is 2. The standard InChI is InChI=1S/C18H18N4O4/c1-10-6-11(4-5-13(10)22-18(19)23)26-17-12-7-15(24-2)16(25-3)8-14(12)20-9-21-17/h4-9H,1-3H3,(H3,19,22,23). The molecule has 2 aromatic carbocycles. The van der Waals surface area contributed by atoms with Gasteiger partial charge in [-0.2, -0.15) is 0 Å². The predicted octanol–water partition coefficient (Wildman–Crippen LogP) is 3.24. The second-order valence-electron chi connectivity index (χ2n) is 5.47. The molecule has 0 saturated heterocycles. The molecular formula is C18H18N4O4. The zero-order chi connectivity index (χ0) is 18.7. The van der Waals surface area contributed by atoms with Crippen LogP contribution in [0, 0.1) is 6.92 Å². The second kappa shape index (κ2) is 7.14. The summed E-state index contributed by atoms with van der Waals surface area (Å²) in [6.45, 7) is 1.84. The maximum absolute atomic E-state index is 11.0. The summed E-state index contributed by atoms with van der Waals surface area (Å²) in [6.07, 6.45) is 1.42. The molecule has 0 aliphatic carbocycles. The van der Waals surface area contributed by atoms with Crippen LogP contribution in [0.4, 0.5) is 10.5 Å². The van der Waals surface area contributed by atoms with Crippen molar-refractivity contribution in [3.05, 3.63) is 42.2 Å². The molecule has 0 aliphatic rings. The number of urea groups is 1. The lowest BCUT2D eigenvalue weighted by Gasteiger charge is -2.12. The van der Waals surface area contributed by atoms with Gasteiger partial charge in [0.1, 0.15) is 12.1 Å². The number of nitrogens with two attached hydrogens (primary N) is 1. The maximum atomic E-state index is 11.0. The van der Waals surface area contributed by atoms with Gasteiger partial charge in [0, 0.05) is 11.8 Å². The number of carbonyl (C=O) groups excluding carboxylic acids is 1. The van der Waals surface area contributed by atoms with Crippen LogP contribution >= 0.6 is 0 Å². The van der Waals surface area contributed by atoms with E-state index in [2.05, 4.69) is 15.3 Å². The summed E-state index contributed by atoms with van der Waals surface area (Å²) in [5, 5.41) is 3.23. The van der Waals surface area contributed by atoms with Gasteiger partial charge in [0.2, 0.25) is 5.88 Å². The highest BCUT2D eigenvalue weighted by atomic mass is 16.5. The Labute approximate surface area is 149 Å². The molecule has 3 N–H and O–H groups in total. The van der Waals surface area contributed by atoms with E-state index in [0.29, 0.717) is 39.7 Å². The Kier molecular flexibility index (Phi) is 4.74. The first-order chi connectivity index (χ1) is 12.5. The number of methoxy groups -OCH3 is 2. The van der Waals surface area contributed by atoms with Gasteiger partial charge in [-0.25, -0.2) is 14.8 Å². The fourth-order valence-electron chi connectivity index (χ4n) is 2.53. The number of ether oxygens (including phenoxy) is 3. The number of anilines is 1. The Morgan fingerprint density at radius 3 is 2.46 bits per heavy atom. The smallest absolute Gasteiger partial charge is 0.316 e. The van der Waals surface area contributed by atoms with Gasteiger partial charge in [0.15, 0.2) is 11.5 Å². The van der Waals surface area contributed by atoms with Crippen molar-refractivity contribution < 1.29 is 19.0 Å². The number of aromatic nitrogens is 2. The van der Waals surface area contributed by atoms with Gasteiger partial charge in [-0.05, 0) is 36.8 Å². The Morgan fingerprint density at radius 2 is 1.81 bits per heavy atom. The summed E-state index contributed by atoms with van der Waals surface area (Å²) < 4.78 is 16.5. The van der Waals surface area contributed by atoms with Gasteiger partial charge in [-0.3, -0.25) is 0 Å². The van der Waals surface area contributed by atoms with E-state index in [1.807, 2.05) is 6.92 Å². The summed E-state index contributed by atoms with van der Waals surface area (Å²) >= 11 is 0. The molecule has 8 heteroatoms. The number of nitrogens with one attached hydrogen (secondary N) is 1. The van der Waals surface area contributed by atoms with Crippen molar-refractivity contribution in [1.82, 2.24) is 9.97 Å². The third kappa shape index (κ3) is 3.44. The monoisotopic (exact) mass is 354 g/mol. The molecule has 1 aromatic heterocycles. The average Bonchev–Trinajstić information content (AvgIpc) is 2.62. The fourth-order valence-corrected chi connectivity index (χ4v) is 2.53. The number of carbonyl (C=O) groups is 1. The van der Waals surface area contributed by atoms with Crippen LogP contribution in [0.2, 0.25) is 0 Å². The number of fused-ring (bicyclic) bond motifs is 1. The van der Waals surface area contributed by atoms with Gasteiger partial charge in [-0.15, -0.1) is 0 Å². The third-order valence-corrected chi connectivity index (χ3v) is 3.77.